The van der Waals surface area contributed by atoms with E-state index in [1.807, 2.05) is 6.07 Å². The van der Waals surface area contributed by atoms with Crippen molar-refractivity contribution in [1.82, 2.24) is 0 Å². The molecule has 0 atom stereocenters. The van der Waals surface area contributed by atoms with Gasteiger partial charge < -0.3 is 0 Å². The van der Waals surface area contributed by atoms with Crippen molar-refractivity contribution < 1.29 is 0 Å². The minimum Gasteiger partial charge on any atom is -0.126 e. The molecule has 0 fully saturated rings. The lowest BCUT2D eigenvalue weighted by Crippen LogP contribution is -2.40. The van der Waals surface area contributed by atoms with Crippen LogP contribution in [0.4, 0.5) is 0 Å². The highest BCUT2D eigenvalue weighted by Crippen LogP contribution is 2.17. The topological polar surface area (TPSA) is 0 Å². The molecule has 0 nitrogen and oxygen atoms in total. The van der Waals surface area contributed by atoms with Crippen LogP contribution in [-0.4, -0.2) is 8.07 Å². The summed E-state index contributed by atoms with van der Waals surface area (Å²) < 4.78 is 0. The first-order valence-electron chi connectivity index (χ1n) is 5.91. The van der Waals surface area contributed by atoms with Crippen molar-refractivity contribution in [3.63, 3.8) is 0 Å². The van der Waals surface area contributed by atoms with Gasteiger partial charge in [0.25, 0.3) is 0 Å². The van der Waals surface area contributed by atoms with Gasteiger partial charge in [0.05, 0.1) is 0 Å². The summed E-state index contributed by atoms with van der Waals surface area (Å²) in [6.07, 6.45) is 6.23. The highest BCUT2D eigenvalue weighted by atomic mass is 28.3. The number of hydrogen-bond donors (Lipinski definition) is 0. The Morgan fingerprint density at radius 3 is 2.29 bits per heavy atom. The molecule has 0 saturated carbocycles. The summed E-state index contributed by atoms with van der Waals surface area (Å²) in [5.74, 6) is 6.06. The lowest BCUT2D eigenvalue weighted by atomic mass is 9.91. The average molecular weight is 240 g/mol. The van der Waals surface area contributed by atoms with Gasteiger partial charge in [0.15, 0.2) is 8.07 Å². The summed E-state index contributed by atoms with van der Waals surface area (Å²) in [4.78, 5) is 0. The molecule has 0 spiro atoms. The second kappa shape index (κ2) is 5.26. The summed E-state index contributed by atoms with van der Waals surface area (Å²) >= 11 is 0. The van der Waals surface area contributed by atoms with Crippen LogP contribution in [0.1, 0.15) is 20.3 Å². The summed E-state index contributed by atoms with van der Waals surface area (Å²) in [6.45, 7) is 8.66. The molecule has 0 aliphatic rings. The van der Waals surface area contributed by atoms with E-state index in [4.69, 9.17) is 6.42 Å². The Morgan fingerprint density at radius 1 is 1.18 bits per heavy atom. The predicted octanol–water partition coefficient (Wildman–Crippen LogP) is 3.19. The van der Waals surface area contributed by atoms with Crippen molar-refractivity contribution in [1.29, 1.82) is 0 Å². The standard InChI is InChI=1S/C16H20Si/c1-6-16(2,3)13-10-14-17(4,5)15-11-8-7-9-12-15/h1,7-9,11-12H,13H2,2-5H3. The molecular formula is C16H20Si. The average Bonchev–Trinajstić information content (AvgIpc) is 2.30. The molecule has 1 aromatic rings. The zero-order chi connectivity index (χ0) is 12.9. The van der Waals surface area contributed by atoms with E-state index in [9.17, 15) is 0 Å². The maximum absolute atomic E-state index is 5.46. The number of rotatable bonds is 2. The van der Waals surface area contributed by atoms with E-state index in [1.165, 1.54) is 5.19 Å². The molecule has 1 aromatic carbocycles. The summed E-state index contributed by atoms with van der Waals surface area (Å²) in [5, 5.41) is 1.38. The third-order valence-electron chi connectivity index (χ3n) is 2.82. The van der Waals surface area contributed by atoms with E-state index in [-0.39, 0.29) is 5.41 Å². The van der Waals surface area contributed by atoms with Crippen LogP contribution in [0.2, 0.25) is 13.1 Å². The summed E-state index contributed by atoms with van der Waals surface area (Å²) in [5.41, 5.74) is 3.34. The highest BCUT2D eigenvalue weighted by Gasteiger charge is 2.20. The van der Waals surface area contributed by atoms with Gasteiger partial charge >= 0.3 is 0 Å². The molecule has 0 radical (unpaired) electrons. The monoisotopic (exact) mass is 240 g/mol. The van der Waals surface area contributed by atoms with Crippen LogP contribution in [-0.2, 0) is 0 Å². The first-order chi connectivity index (χ1) is 7.87. The van der Waals surface area contributed by atoms with E-state index in [1.54, 1.807) is 0 Å². The molecule has 17 heavy (non-hydrogen) atoms. The van der Waals surface area contributed by atoms with E-state index < -0.39 is 8.07 Å². The molecular weight excluding hydrogens is 220 g/mol. The molecule has 0 amide bonds. The maximum atomic E-state index is 5.46. The van der Waals surface area contributed by atoms with Gasteiger partial charge in [-0.3, -0.25) is 0 Å². The third kappa shape index (κ3) is 4.14. The van der Waals surface area contributed by atoms with E-state index in [2.05, 4.69) is 68.6 Å². The van der Waals surface area contributed by atoms with Gasteiger partial charge in [0.2, 0.25) is 0 Å². The Morgan fingerprint density at radius 2 is 1.76 bits per heavy atom. The zero-order valence-corrected chi connectivity index (χ0v) is 12.2. The van der Waals surface area contributed by atoms with Crippen LogP contribution in [0.15, 0.2) is 30.3 Å². The van der Waals surface area contributed by atoms with Crippen molar-refractivity contribution in [3.8, 4) is 23.8 Å². The van der Waals surface area contributed by atoms with Gasteiger partial charge in [-0.15, -0.1) is 17.9 Å². The molecule has 1 rings (SSSR count). The molecule has 0 bridgehead atoms. The minimum atomic E-state index is -1.62. The molecule has 0 N–H and O–H groups in total. The SMILES string of the molecule is C#CC(C)(C)CC#C[Si](C)(C)c1ccccc1. The van der Waals surface area contributed by atoms with Gasteiger partial charge in [0.1, 0.15) is 0 Å². The van der Waals surface area contributed by atoms with Crippen molar-refractivity contribution in [3.05, 3.63) is 30.3 Å². The molecule has 0 heterocycles. The third-order valence-corrected chi connectivity index (χ3v) is 5.40. The molecule has 0 unspecified atom stereocenters. The quantitative estimate of drug-likeness (QED) is 0.550. The van der Waals surface area contributed by atoms with Crippen molar-refractivity contribution in [2.24, 2.45) is 5.41 Å². The lowest BCUT2D eigenvalue weighted by molar-refractivity contribution is 0.522. The van der Waals surface area contributed by atoms with Crippen LogP contribution < -0.4 is 5.19 Å². The van der Waals surface area contributed by atoms with Gasteiger partial charge in [-0.1, -0.05) is 49.3 Å². The Labute approximate surface area is 106 Å². The molecule has 0 saturated heterocycles. The van der Waals surface area contributed by atoms with Crippen molar-refractivity contribution in [2.45, 2.75) is 33.4 Å². The molecule has 0 aliphatic heterocycles. The predicted molar refractivity (Wildman–Crippen MR) is 78.6 cm³/mol. The van der Waals surface area contributed by atoms with Crippen LogP contribution in [0.25, 0.3) is 0 Å². The van der Waals surface area contributed by atoms with Crippen LogP contribution in [0.5, 0.6) is 0 Å². The Balaban J connectivity index is 2.82. The number of terminal acetylenes is 1. The van der Waals surface area contributed by atoms with Gasteiger partial charge in [-0.05, 0) is 19.0 Å². The lowest BCUT2D eigenvalue weighted by Gasteiger charge is -2.16. The minimum absolute atomic E-state index is 0.117. The number of hydrogen-bond acceptors (Lipinski definition) is 0. The van der Waals surface area contributed by atoms with Crippen molar-refractivity contribution in [2.75, 3.05) is 0 Å². The maximum Gasteiger partial charge on any atom is 0.162 e. The highest BCUT2D eigenvalue weighted by molar-refractivity contribution is 6.96. The Bertz CT molecular complexity index is 464. The molecule has 0 aliphatic carbocycles. The second-order valence-electron chi connectivity index (χ2n) is 5.50. The van der Waals surface area contributed by atoms with Crippen LogP contribution >= 0.6 is 0 Å². The van der Waals surface area contributed by atoms with E-state index in [0.717, 1.165) is 6.42 Å². The van der Waals surface area contributed by atoms with E-state index in [0.29, 0.717) is 0 Å². The molecule has 0 aromatic heterocycles. The Hall–Kier alpha value is -1.44. The fourth-order valence-corrected chi connectivity index (χ4v) is 3.16. The largest absolute Gasteiger partial charge is 0.162 e. The fraction of sp³-hybridized carbons (Fsp3) is 0.375. The van der Waals surface area contributed by atoms with Crippen LogP contribution in [0.3, 0.4) is 0 Å². The summed E-state index contributed by atoms with van der Waals surface area (Å²) in [6, 6.07) is 10.6. The first kappa shape index (κ1) is 13.6. The Kier molecular flexibility index (Phi) is 4.21. The first-order valence-corrected chi connectivity index (χ1v) is 8.91. The smallest absolute Gasteiger partial charge is 0.126 e. The molecule has 88 valence electrons. The van der Waals surface area contributed by atoms with Gasteiger partial charge in [0, 0.05) is 11.8 Å². The van der Waals surface area contributed by atoms with Crippen LogP contribution in [0, 0.1) is 29.2 Å². The second-order valence-corrected chi connectivity index (χ2v) is 9.58. The molecule has 1 heteroatoms. The van der Waals surface area contributed by atoms with Gasteiger partial charge in [-0.2, -0.15) is 0 Å². The van der Waals surface area contributed by atoms with Gasteiger partial charge in [-0.25, -0.2) is 0 Å². The normalized spacial score (nSPS) is 11.2. The zero-order valence-electron chi connectivity index (χ0n) is 11.2. The number of benzene rings is 1. The van der Waals surface area contributed by atoms with Crippen molar-refractivity contribution >= 4 is 13.3 Å². The van der Waals surface area contributed by atoms with E-state index >= 15 is 0 Å². The summed E-state index contributed by atoms with van der Waals surface area (Å²) in [7, 11) is -1.62. The fourth-order valence-electron chi connectivity index (χ4n) is 1.46.